The zero-order valence-electron chi connectivity index (χ0n) is 17.3. The Morgan fingerprint density at radius 2 is 1.97 bits per heavy atom. The van der Waals surface area contributed by atoms with Crippen molar-refractivity contribution in [2.45, 2.75) is 26.3 Å². The van der Waals surface area contributed by atoms with E-state index in [1.165, 1.54) is 0 Å². The van der Waals surface area contributed by atoms with Crippen LogP contribution in [0.5, 0.6) is 11.5 Å². The standard InChI is InChI=1S/C24H22N2O5/c1-3-29-24(28)18-12-26(23(27)15-8-9-20-21(11-15)31-13-30-20)14(2)10-17-16-6-4-5-7-19(16)25-22(17)18/h4-9,11-12,14,25H,3,10,13H2,1-2H3. The van der Waals surface area contributed by atoms with Crippen molar-refractivity contribution in [1.29, 1.82) is 0 Å². The minimum atomic E-state index is -0.465. The molecule has 2 aliphatic heterocycles. The molecule has 2 aromatic carbocycles. The Hall–Kier alpha value is -3.74. The summed E-state index contributed by atoms with van der Waals surface area (Å²) in [6, 6.07) is 12.9. The van der Waals surface area contributed by atoms with Gasteiger partial charge < -0.3 is 24.1 Å². The number of hydrogen-bond donors (Lipinski definition) is 1. The van der Waals surface area contributed by atoms with Gasteiger partial charge in [-0.3, -0.25) is 4.79 Å². The number of hydrogen-bond acceptors (Lipinski definition) is 5. The van der Waals surface area contributed by atoms with Crippen LogP contribution in [0.3, 0.4) is 0 Å². The molecule has 1 N–H and O–H groups in total. The minimum Gasteiger partial charge on any atom is -0.462 e. The van der Waals surface area contributed by atoms with Crippen LogP contribution in [-0.4, -0.2) is 41.2 Å². The van der Waals surface area contributed by atoms with E-state index in [0.29, 0.717) is 34.8 Å². The maximum atomic E-state index is 13.4. The molecular weight excluding hydrogens is 396 g/mol. The molecule has 3 aromatic rings. The highest BCUT2D eigenvalue weighted by Crippen LogP contribution is 2.36. The Kier molecular flexibility index (Phi) is 4.66. The van der Waals surface area contributed by atoms with E-state index in [9.17, 15) is 9.59 Å². The number of aromatic amines is 1. The van der Waals surface area contributed by atoms with E-state index in [4.69, 9.17) is 14.2 Å². The fraction of sp³-hybridized carbons (Fsp3) is 0.250. The number of esters is 1. The van der Waals surface area contributed by atoms with Crippen LogP contribution >= 0.6 is 0 Å². The Bertz CT molecular complexity index is 1230. The van der Waals surface area contributed by atoms with Gasteiger partial charge in [-0.1, -0.05) is 18.2 Å². The van der Waals surface area contributed by atoms with Crippen molar-refractivity contribution in [2.75, 3.05) is 13.4 Å². The molecule has 0 spiro atoms. The molecule has 1 amide bonds. The topological polar surface area (TPSA) is 80.9 Å². The Balaban J connectivity index is 1.60. The number of nitrogens with one attached hydrogen (secondary N) is 1. The molecule has 7 heteroatoms. The third kappa shape index (κ3) is 3.22. The third-order valence-electron chi connectivity index (χ3n) is 5.67. The van der Waals surface area contributed by atoms with Crippen molar-refractivity contribution in [2.24, 2.45) is 0 Å². The number of ether oxygens (including phenoxy) is 3. The zero-order chi connectivity index (χ0) is 21.5. The number of amides is 1. The van der Waals surface area contributed by atoms with E-state index in [0.717, 1.165) is 16.5 Å². The van der Waals surface area contributed by atoms with Gasteiger partial charge in [0.2, 0.25) is 6.79 Å². The van der Waals surface area contributed by atoms with Crippen molar-refractivity contribution in [1.82, 2.24) is 9.88 Å². The number of carbonyl (C=O) groups excluding carboxylic acids is 2. The lowest BCUT2D eigenvalue weighted by Gasteiger charge is -2.25. The van der Waals surface area contributed by atoms with Crippen molar-refractivity contribution in [3.8, 4) is 11.5 Å². The van der Waals surface area contributed by atoms with E-state index in [2.05, 4.69) is 4.98 Å². The number of nitrogens with zero attached hydrogens (tertiary/aromatic N) is 1. The molecule has 1 atom stereocenters. The first-order chi connectivity index (χ1) is 15.1. The van der Waals surface area contributed by atoms with E-state index < -0.39 is 5.97 Å². The normalized spacial score (nSPS) is 17.2. The van der Waals surface area contributed by atoms with Crippen LogP contribution in [0.4, 0.5) is 0 Å². The summed E-state index contributed by atoms with van der Waals surface area (Å²) in [4.78, 5) is 31.3. The highest BCUT2D eigenvalue weighted by molar-refractivity contribution is 6.18. The van der Waals surface area contributed by atoms with Crippen LogP contribution in [0.15, 0.2) is 48.7 Å². The fourth-order valence-electron chi connectivity index (χ4n) is 4.17. The number of benzene rings is 2. The Morgan fingerprint density at radius 1 is 1.16 bits per heavy atom. The summed E-state index contributed by atoms with van der Waals surface area (Å²) in [5, 5.41) is 1.04. The second kappa shape index (κ2) is 7.50. The highest BCUT2D eigenvalue weighted by atomic mass is 16.7. The molecule has 31 heavy (non-hydrogen) atoms. The van der Waals surface area contributed by atoms with E-state index in [1.807, 2.05) is 31.2 Å². The summed E-state index contributed by atoms with van der Waals surface area (Å²) < 4.78 is 16.1. The maximum Gasteiger partial charge on any atom is 0.341 e. The number of carbonyl (C=O) groups is 2. The molecule has 2 aliphatic rings. The van der Waals surface area contributed by atoms with Crippen molar-refractivity contribution < 1.29 is 23.8 Å². The van der Waals surface area contributed by atoms with Gasteiger partial charge in [0.05, 0.1) is 17.9 Å². The van der Waals surface area contributed by atoms with Crippen LogP contribution in [-0.2, 0) is 16.0 Å². The molecule has 0 saturated heterocycles. The zero-order valence-corrected chi connectivity index (χ0v) is 17.3. The lowest BCUT2D eigenvalue weighted by Crippen LogP contribution is -2.35. The second-order valence-electron chi connectivity index (χ2n) is 7.62. The van der Waals surface area contributed by atoms with E-state index >= 15 is 0 Å². The molecule has 1 aromatic heterocycles. The smallest absolute Gasteiger partial charge is 0.341 e. The summed E-state index contributed by atoms with van der Waals surface area (Å²) in [6.07, 6.45) is 2.20. The molecule has 0 aliphatic carbocycles. The summed E-state index contributed by atoms with van der Waals surface area (Å²) >= 11 is 0. The van der Waals surface area contributed by atoms with Crippen LogP contribution < -0.4 is 9.47 Å². The van der Waals surface area contributed by atoms with Gasteiger partial charge in [0.15, 0.2) is 11.5 Å². The molecular formula is C24H22N2O5. The van der Waals surface area contributed by atoms with Crippen LogP contribution in [0.1, 0.15) is 35.5 Å². The minimum absolute atomic E-state index is 0.141. The van der Waals surface area contributed by atoms with Crippen molar-refractivity contribution in [3.05, 3.63) is 65.5 Å². The average molecular weight is 418 g/mol. The van der Waals surface area contributed by atoms with Gasteiger partial charge in [0.25, 0.3) is 5.91 Å². The first kappa shape index (κ1) is 19.2. The molecule has 5 rings (SSSR count). The van der Waals surface area contributed by atoms with E-state index in [-0.39, 0.29) is 25.3 Å². The van der Waals surface area contributed by atoms with Crippen LogP contribution in [0.25, 0.3) is 16.5 Å². The van der Waals surface area contributed by atoms with Crippen molar-refractivity contribution >= 4 is 28.4 Å². The van der Waals surface area contributed by atoms with Gasteiger partial charge in [0, 0.05) is 28.7 Å². The predicted octanol–water partition coefficient (Wildman–Crippen LogP) is 3.89. The summed E-state index contributed by atoms with van der Waals surface area (Å²) in [5.74, 6) is 0.471. The number of fused-ring (bicyclic) bond motifs is 4. The Morgan fingerprint density at radius 3 is 2.81 bits per heavy atom. The van der Waals surface area contributed by atoms with Crippen molar-refractivity contribution in [3.63, 3.8) is 0 Å². The quantitative estimate of drug-likeness (QED) is 0.653. The summed E-state index contributed by atoms with van der Waals surface area (Å²) in [7, 11) is 0. The number of H-pyrrole nitrogens is 1. The van der Waals surface area contributed by atoms with Gasteiger partial charge in [0.1, 0.15) is 0 Å². The van der Waals surface area contributed by atoms with Gasteiger partial charge in [-0.2, -0.15) is 0 Å². The largest absolute Gasteiger partial charge is 0.462 e. The molecule has 0 bridgehead atoms. The molecule has 3 heterocycles. The summed E-state index contributed by atoms with van der Waals surface area (Å²) in [5.41, 5.74) is 3.46. The SMILES string of the molecule is CCOC(=O)C1=CN(C(=O)c2ccc3c(c2)OCO3)C(C)Cc2c1[nH]c1ccccc21. The van der Waals surface area contributed by atoms with E-state index in [1.54, 1.807) is 36.2 Å². The molecule has 0 fully saturated rings. The van der Waals surface area contributed by atoms with Gasteiger partial charge >= 0.3 is 5.97 Å². The lowest BCUT2D eigenvalue weighted by atomic mass is 10.0. The second-order valence-corrected chi connectivity index (χ2v) is 7.62. The highest BCUT2D eigenvalue weighted by Gasteiger charge is 2.31. The van der Waals surface area contributed by atoms with Gasteiger partial charge in [-0.05, 0) is 50.1 Å². The van der Waals surface area contributed by atoms with Crippen LogP contribution in [0.2, 0.25) is 0 Å². The molecule has 0 radical (unpaired) electrons. The lowest BCUT2D eigenvalue weighted by molar-refractivity contribution is -0.136. The maximum absolute atomic E-state index is 13.4. The molecule has 1 unspecified atom stereocenters. The molecule has 0 saturated carbocycles. The molecule has 158 valence electrons. The molecule has 7 nitrogen and oxygen atoms in total. The first-order valence-electron chi connectivity index (χ1n) is 10.3. The summed E-state index contributed by atoms with van der Waals surface area (Å²) in [6.45, 7) is 4.12. The third-order valence-corrected chi connectivity index (χ3v) is 5.67. The Labute approximate surface area is 179 Å². The first-order valence-corrected chi connectivity index (χ1v) is 10.3. The predicted molar refractivity (Wildman–Crippen MR) is 115 cm³/mol. The number of aromatic nitrogens is 1. The number of para-hydroxylation sites is 1. The number of rotatable bonds is 3. The van der Waals surface area contributed by atoms with Gasteiger partial charge in [-0.25, -0.2) is 4.79 Å². The average Bonchev–Trinajstić information content (AvgIpc) is 3.35. The fourth-order valence-corrected chi connectivity index (χ4v) is 4.17. The monoisotopic (exact) mass is 418 g/mol. The van der Waals surface area contributed by atoms with Crippen LogP contribution in [0, 0.1) is 0 Å². The van der Waals surface area contributed by atoms with Gasteiger partial charge in [-0.15, -0.1) is 0 Å².